The summed E-state index contributed by atoms with van der Waals surface area (Å²) in [6.45, 7) is 3.98. The number of anilines is 1. The van der Waals surface area contributed by atoms with E-state index in [1.165, 1.54) is 22.9 Å². The number of nitrogens with one attached hydrogen (secondary N) is 1. The van der Waals surface area contributed by atoms with Crippen molar-refractivity contribution in [2.24, 2.45) is 7.05 Å². The topological polar surface area (TPSA) is 112 Å². The minimum atomic E-state index is -0.667. The average molecular weight is 361 g/mol. The Labute approximate surface area is 146 Å². The highest BCUT2D eigenvalue weighted by Gasteiger charge is 2.29. The lowest BCUT2D eigenvalue weighted by molar-refractivity contribution is -0.385. The summed E-state index contributed by atoms with van der Waals surface area (Å²) >= 11 is 1.26. The van der Waals surface area contributed by atoms with Crippen molar-refractivity contribution in [3.8, 4) is 5.75 Å². The van der Waals surface area contributed by atoms with Crippen LogP contribution >= 0.6 is 11.3 Å². The number of nitro groups is 1. The van der Waals surface area contributed by atoms with Crippen LogP contribution in [0.4, 0.5) is 10.8 Å². The molecular weight excluding hydrogens is 346 g/mol. The maximum absolute atomic E-state index is 12.4. The number of benzene rings is 1. The number of carbonyl (C=O) groups is 1. The van der Waals surface area contributed by atoms with Crippen molar-refractivity contribution >= 4 is 38.3 Å². The number of fused-ring (bicyclic) bond motifs is 1. The summed E-state index contributed by atoms with van der Waals surface area (Å²) in [6, 6.07) is 5.42. The molecule has 0 aliphatic rings. The molecule has 25 heavy (non-hydrogen) atoms. The Morgan fingerprint density at radius 1 is 1.48 bits per heavy atom. The molecular formula is C15H15N5O4S. The normalized spacial score (nSPS) is 10.8. The van der Waals surface area contributed by atoms with Gasteiger partial charge in [0.05, 0.1) is 21.7 Å². The minimum absolute atomic E-state index is 0.237. The van der Waals surface area contributed by atoms with Gasteiger partial charge >= 0.3 is 5.69 Å². The summed E-state index contributed by atoms with van der Waals surface area (Å²) in [5, 5.41) is 18.1. The van der Waals surface area contributed by atoms with E-state index in [0.29, 0.717) is 28.7 Å². The molecule has 3 rings (SSSR count). The molecule has 9 nitrogen and oxygen atoms in total. The van der Waals surface area contributed by atoms with Gasteiger partial charge < -0.3 is 4.74 Å². The van der Waals surface area contributed by atoms with Crippen molar-refractivity contribution in [3.05, 3.63) is 39.7 Å². The molecule has 0 saturated heterocycles. The van der Waals surface area contributed by atoms with Crippen LogP contribution in [0, 0.1) is 17.0 Å². The van der Waals surface area contributed by atoms with Crippen molar-refractivity contribution in [1.29, 1.82) is 0 Å². The standard InChI is InChI=1S/C15H15N5O4S/c1-4-24-9-5-6-10-11(7-9)25-15(16-10)17-14(21)12-13(20(22)23)8(2)19(3)18-12/h5-7H,4H2,1-3H3,(H,16,17,21). The van der Waals surface area contributed by atoms with Crippen LogP contribution in [-0.2, 0) is 7.05 Å². The van der Waals surface area contributed by atoms with E-state index in [0.717, 1.165) is 4.70 Å². The number of aromatic nitrogens is 3. The van der Waals surface area contributed by atoms with Gasteiger partial charge in [-0.05, 0) is 32.0 Å². The first-order valence-corrected chi connectivity index (χ1v) is 8.25. The fourth-order valence-corrected chi connectivity index (χ4v) is 3.23. The molecule has 3 aromatic rings. The smallest absolute Gasteiger partial charge is 0.322 e. The molecule has 1 aromatic carbocycles. The lowest BCUT2D eigenvalue weighted by Gasteiger charge is -2.00. The molecule has 0 radical (unpaired) electrons. The summed E-state index contributed by atoms with van der Waals surface area (Å²) in [7, 11) is 1.55. The Bertz CT molecular complexity index is 978. The summed E-state index contributed by atoms with van der Waals surface area (Å²) in [5.74, 6) is 0.0482. The third kappa shape index (κ3) is 3.15. The molecule has 0 bridgehead atoms. The van der Waals surface area contributed by atoms with E-state index in [1.807, 2.05) is 13.0 Å². The van der Waals surface area contributed by atoms with Crippen molar-refractivity contribution in [2.75, 3.05) is 11.9 Å². The van der Waals surface area contributed by atoms with Crippen LogP contribution in [-0.4, -0.2) is 32.2 Å². The Balaban J connectivity index is 1.90. The SMILES string of the molecule is CCOc1ccc2nc(NC(=O)c3nn(C)c(C)c3[N+](=O)[O-])sc2c1. The zero-order chi connectivity index (χ0) is 18.1. The first-order valence-electron chi connectivity index (χ1n) is 7.43. The number of carbonyl (C=O) groups excluding carboxylic acids is 1. The maximum Gasteiger partial charge on any atom is 0.322 e. The molecule has 2 aromatic heterocycles. The number of rotatable bonds is 5. The van der Waals surface area contributed by atoms with Gasteiger partial charge in [-0.15, -0.1) is 0 Å². The number of nitrogens with zero attached hydrogens (tertiary/aromatic N) is 4. The second-order valence-electron chi connectivity index (χ2n) is 5.20. The van der Waals surface area contributed by atoms with Crippen molar-refractivity contribution in [1.82, 2.24) is 14.8 Å². The number of hydrogen-bond donors (Lipinski definition) is 1. The van der Waals surface area contributed by atoms with Gasteiger partial charge in [-0.25, -0.2) is 4.98 Å². The Morgan fingerprint density at radius 3 is 2.92 bits per heavy atom. The van der Waals surface area contributed by atoms with Gasteiger partial charge in [0, 0.05) is 7.05 Å². The zero-order valence-electron chi connectivity index (χ0n) is 13.8. The van der Waals surface area contributed by atoms with Gasteiger partial charge in [-0.3, -0.25) is 24.9 Å². The Hall–Kier alpha value is -3.01. The van der Waals surface area contributed by atoms with Gasteiger partial charge in [0.25, 0.3) is 5.91 Å². The van der Waals surface area contributed by atoms with Crippen molar-refractivity contribution < 1.29 is 14.5 Å². The predicted molar refractivity (Wildman–Crippen MR) is 93.3 cm³/mol. The van der Waals surface area contributed by atoms with E-state index in [9.17, 15) is 14.9 Å². The molecule has 0 aliphatic heterocycles. The fourth-order valence-electron chi connectivity index (χ4n) is 2.34. The molecule has 0 fully saturated rings. The van der Waals surface area contributed by atoms with E-state index in [2.05, 4.69) is 15.4 Å². The van der Waals surface area contributed by atoms with Crippen molar-refractivity contribution in [2.45, 2.75) is 13.8 Å². The first kappa shape index (κ1) is 16.8. The number of aryl methyl sites for hydroxylation is 1. The van der Waals surface area contributed by atoms with Gasteiger partial charge in [-0.1, -0.05) is 11.3 Å². The highest BCUT2D eigenvalue weighted by Crippen LogP contribution is 2.30. The van der Waals surface area contributed by atoms with Crippen LogP contribution in [0.5, 0.6) is 5.75 Å². The third-order valence-corrected chi connectivity index (χ3v) is 4.53. The average Bonchev–Trinajstić information content (AvgIpc) is 3.08. The molecule has 0 unspecified atom stereocenters. The number of hydrogen-bond acceptors (Lipinski definition) is 7. The van der Waals surface area contributed by atoms with Crippen LogP contribution in [0.15, 0.2) is 18.2 Å². The largest absolute Gasteiger partial charge is 0.494 e. The van der Waals surface area contributed by atoms with E-state index < -0.39 is 10.8 Å². The van der Waals surface area contributed by atoms with E-state index >= 15 is 0 Å². The van der Waals surface area contributed by atoms with Gasteiger partial charge in [0.1, 0.15) is 11.4 Å². The molecule has 2 heterocycles. The van der Waals surface area contributed by atoms with Crippen LogP contribution < -0.4 is 10.1 Å². The maximum atomic E-state index is 12.4. The quantitative estimate of drug-likeness (QED) is 0.552. The molecule has 0 spiro atoms. The molecule has 130 valence electrons. The minimum Gasteiger partial charge on any atom is -0.494 e. The van der Waals surface area contributed by atoms with Crippen LogP contribution in [0.2, 0.25) is 0 Å². The molecule has 0 saturated carbocycles. The van der Waals surface area contributed by atoms with Gasteiger partial charge in [0.15, 0.2) is 5.13 Å². The Kier molecular flexibility index (Phi) is 4.36. The first-order chi connectivity index (χ1) is 11.9. The number of amides is 1. The zero-order valence-corrected chi connectivity index (χ0v) is 14.6. The molecule has 0 aliphatic carbocycles. The highest BCUT2D eigenvalue weighted by atomic mass is 32.1. The number of thiazole rings is 1. The molecule has 1 amide bonds. The van der Waals surface area contributed by atoms with Crippen molar-refractivity contribution in [3.63, 3.8) is 0 Å². The third-order valence-electron chi connectivity index (χ3n) is 3.59. The number of ether oxygens (including phenoxy) is 1. The van der Waals surface area contributed by atoms with E-state index in [1.54, 1.807) is 19.2 Å². The molecule has 0 atom stereocenters. The second kappa shape index (κ2) is 6.48. The lowest BCUT2D eigenvalue weighted by Crippen LogP contribution is -2.14. The fraction of sp³-hybridized carbons (Fsp3) is 0.267. The van der Waals surface area contributed by atoms with Crippen LogP contribution in [0.25, 0.3) is 10.2 Å². The molecule has 10 heteroatoms. The highest BCUT2D eigenvalue weighted by molar-refractivity contribution is 7.22. The predicted octanol–water partition coefficient (Wildman–Crippen LogP) is 2.90. The van der Waals surface area contributed by atoms with Crippen LogP contribution in [0.3, 0.4) is 0 Å². The Morgan fingerprint density at radius 2 is 2.24 bits per heavy atom. The summed E-state index contributed by atoms with van der Waals surface area (Å²) < 4.78 is 7.58. The monoisotopic (exact) mass is 361 g/mol. The summed E-state index contributed by atoms with van der Waals surface area (Å²) in [5.41, 5.74) is 0.468. The molecule has 1 N–H and O–H groups in total. The van der Waals surface area contributed by atoms with Crippen LogP contribution in [0.1, 0.15) is 23.1 Å². The summed E-state index contributed by atoms with van der Waals surface area (Å²) in [4.78, 5) is 27.3. The van der Waals surface area contributed by atoms with E-state index in [-0.39, 0.29) is 11.4 Å². The van der Waals surface area contributed by atoms with Gasteiger partial charge in [-0.2, -0.15) is 5.10 Å². The second-order valence-corrected chi connectivity index (χ2v) is 6.23. The van der Waals surface area contributed by atoms with E-state index in [4.69, 9.17) is 4.74 Å². The van der Waals surface area contributed by atoms with Gasteiger partial charge in [0.2, 0.25) is 5.69 Å². The summed E-state index contributed by atoms with van der Waals surface area (Å²) in [6.07, 6.45) is 0. The lowest BCUT2D eigenvalue weighted by atomic mass is 10.3.